The molecule has 0 bridgehead atoms. The van der Waals surface area contributed by atoms with Gasteiger partial charge in [0.2, 0.25) is 0 Å². The Hall–Kier alpha value is -1.03. The number of nitrogens with one attached hydrogen (secondary N) is 1. The lowest BCUT2D eigenvalue weighted by Gasteiger charge is -2.05. The average molecular weight is 185 g/mol. The summed E-state index contributed by atoms with van der Waals surface area (Å²) >= 11 is 1.41. The van der Waals surface area contributed by atoms with Crippen molar-refractivity contribution in [2.75, 3.05) is 5.32 Å². The molecule has 0 aromatic carbocycles. The highest BCUT2D eigenvalue weighted by Gasteiger charge is 2.09. The molecule has 0 spiro atoms. The fourth-order valence-corrected chi connectivity index (χ4v) is 1.91. The quantitative estimate of drug-likeness (QED) is 0.744. The zero-order valence-electron chi connectivity index (χ0n) is 7.00. The first-order valence-corrected chi connectivity index (χ1v) is 4.56. The van der Waals surface area contributed by atoms with Crippen molar-refractivity contribution in [2.45, 2.75) is 19.8 Å². The average Bonchev–Trinajstić information content (AvgIpc) is 2.33. The van der Waals surface area contributed by atoms with E-state index in [0.717, 1.165) is 10.6 Å². The number of carboxylic acid groups (broad SMARTS) is 1. The summed E-state index contributed by atoms with van der Waals surface area (Å²) in [6.45, 7) is 4.07. The van der Waals surface area contributed by atoms with Crippen molar-refractivity contribution < 1.29 is 9.90 Å². The molecular formula is C8H11NO2S. The van der Waals surface area contributed by atoms with Crippen LogP contribution in [0.1, 0.15) is 25.3 Å². The lowest BCUT2D eigenvalue weighted by atomic mass is 10.1. The van der Waals surface area contributed by atoms with Crippen LogP contribution in [0, 0.1) is 0 Å². The van der Waals surface area contributed by atoms with Gasteiger partial charge in [-0.1, -0.05) is 13.8 Å². The first-order valence-electron chi connectivity index (χ1n) is 3.68. The van der Waals surface area contributed by atoms with E-state index in [1.165, 1.54) is 11.3 Å². The summed E-state index contributed by atoms with van der Waals surface area (Å²) in [5.41, 5.74) is 1.06. The molecule has 1 rings (SSSR count). The van der Waals surface area contributed by atoms with Gasteiger partial charge in [-0.2, -0.15) is 0 Å². The maximum Gasteiger partial charge on any atom is 0.409 e. The minimum atomic E-state index is -1.00. The van der Waals surface area contributed by atoms with Crippen LogP contribution >= 0.6 is 11.3 Å². The highest BCUT2D eigenvalue weighted by molar-refractivity contribution is 7.14. The topological polar surface area (TPSA) is 49.3 Å². The van der Waals surface area contributed by atoms with Crippen LogP contribution in [0.15, 0.2) is 11.4 Å². The van der Waals surface area contributed by atoms with E-state index in [9.17, 15) is 4.79 Å². The maximum atomic E-state index is 10.3. The van der Waals surface area contributed by atoms with Gasteiger partial charge in [-0.3, -0.25) is 5.32 Å². The normalized spacial score (nSPS) is 10.2. The summed E-state index contributed by atoms with van der Waals surface area (Å²) < 4.78 is 0. The molecule has 1 aromatic rings. The van der Waals surface area contributed by atoms with Gasteiger partial charge in [-0.25, -0.2) is 4.79 Å². The van der Waals surface area contributed by atoms with Gasteiger partial charge in [0.05, 0.1) is 0 Å². The molecule has 0 saturated heterocycles. The Labute approximate surface area is 75.0 Å². The van der Waals surface area contributed by atoms with Gasteiger partial charge in [-0.15, -0.1) is 11.3 Å². The number of anilines is 1. The second kappa shape index (κ2) is 3.58. The van der Waals surface area contributed by atoms with Crippen LogP contribution < -0.4 is 5.32 Å². The Morgan fingerprint density at radius 3 is 2.83 bits per heavy atom. The molecule has 0 unspecified atom stereocenters. The molecule has 0 aliphatic heterocycles. The highest BCUT2D eigenvalue weighted by atomic mass is 32.1. The molecule has 0 aliphatic rings. The van der Waals surface area contributed by atoms with Crippen LogP contribution in [0.25, 0.3) is 0 Å². The van der Waals surface area contributed by atoms with Crippen molar-refractivity contribution in [1.82, 2.24) is 0 Å². The monoisotopic (exact) mass is 185 g/mol. The van der Waals surface area contributed by atoms with Gasteiger partial charge < -0.3 is 5.11 Å². The van der Waals surface area contributed by atoms with E-state index in [0.29, 0.717) is 5.92 Å². The zero-order chi connectivity index (χ0) is 9.14. The van der Waals surface area contributed by atoms with Gasteiger partial charge in [0.1, 0.15) is 5.00 Å². The molecule has 3 nitrogen and oxygen atoms in total. The van der Waals surface area contributed by atoms with Crippen molar-refractivity contribution in [3.8, 4) is 0 Å². The maximum absolute atomic E-state index is 10.3. The third-order valence-electron chi connectivity index (χ3n) is 1.54. The Morgan fingerprint density at radius 2 is 2.33 bits per heavy atom. The predicted molar refractivity (Wildman–Crippen MR) is 50.1 cm³/mol. The van der Waals surface area contributed by atoms with Crippen LogP contribution in [0.5, 0.6) is 0 Å². The summed E-state index contributed by atoms with van der Waals surface area (Å²) in [6.07, 6.45) is -1.00. The van der Waals surface area contributed by atoms with E-state index >= 15 is 0 Å². The first kappa shape index (κ1) is 9.06. The van der Waals surface area contributed by atoms with Gasteiger partial charge >= 0.3 is 6.09 Å². The number of thiophene rings is 1. The molecule has 2 N–H and O–H groups in total. The van der Waals surface area contributed by atoms with Crippen LogP contribution in [-0.4, -0.2) is 11.2 Å². The molecule has 0 saturated carbocycles. The Morgan fingerprint density at radius 1 is 1.67 bits per heavy atom. The van der Waals surface area contributed by atoms with E-state index in [1.54, 1.807) is 0 Å². The summed E-state index contributed by atoms with van der Waals surface area (Å²) in [4.78, 5) is 10.3. The SMILES string of the molecule is CC(C)c1ccsc1NC(=O)O. The molecular weight excluding hydrogens is 174 g/mol. The number of carbonyl (C=O) groups is 1. The van der Waals surface area contributed by atoms with Gasteiger partial charge in [-0.05, 0) is 22.9 Å². The van der Waals surface area contributed by atoms with E-state index in [1.807, 2.05) is 25.3 Å². The fraction of sp³-hybridized carbons (Fsp3) is 0.375. The standard InChI is InChI=1S/C8H11NO2S/c1-5(2)6-3-4-12-7(6)9-8(10)11/h3-5,9H,1-2H3,(H,10,11). The third-order valence-corrected chi connectivity index (χ3v) is 2.38. The molecule has 66 valence electrons. The van der Waals surface area contributed by atoms with Crippen LogP contribution in [-0.2, 0) is 0 Å². The number of amides is 1. The van der Waals surface area contributed by atoms with E-state index < -0.39 is 6.09 Å². The molecule has 12 heavy (non-hydrogen) atoms. The fourth-order valence-electron chi connectivity index (χ4n) is 0.972. The summed E-state index contributed by atoms with van der Waals surface area (Å²) in [5.74, 6) is 0.359. The molecule has 0 fully saturated rings. The van der Waals surface area contributed by atoms with Gasteiger partial charge in [0.15, 0.2) is 0 Å². The van der Waals surface area contributed by atoms with Crippen molar-refractivity contribution >= 4 is 22.4 Å². The van der Waals surface area contributed by atoms with Crippen molar-refractivity contribution in [1.29, 1.82) is 0 Å². The number of rotatable bonds is 2. The minimum Gasteiger partial charge on any atom is -0.465 e. The number of hydrogen-bond acceptors (Lipinski definition) is 2. The van der Waals surface area contributed by atoms with Crippen molar-refractivity contribution in [3.63, 3.8) is 0 Å². The minimum absolute atomic E-state index is 0.359. The van der Waals surface area contributed by atoms with Gasteiger partial charge in [0.25, 0.3) is 0 Å². The molecule has 1 amide bonds. The largest absolute Gasteiger partial charge is 0.465 e. The molecule has 0 aliphatic carbocycles. The van der Waals surface area contributed by atoms with Gasteiger partial charge in [0, 0.05) is 0 Å². The number of hydrogen-bond donors (Lipinski definition) is 2. The van der Waals surface area contributed by atoms with Crippen LogP contribution in [0.2, 0.25) is 0 Å². The second-order valence-corrected chi connectivity index (χ2v) is 3.71. The van der Waals surface area contributed by atoms with Crippen molar-refractivity contribution in [2.24, 2.45) is 0 Å². The highest BCUT2D eigenvalue weighted by Crippen LogP contribution is 2.29. The van der Waals surface area contributed by atoms with E-state index in [4.69, 9.17) is 5.11 Å². The molecule has 0 radical (unpaired) electrons. The Balaban J connectivity index is 2.84. The smallest absolute Gasteiger partial charge is 0.409 e. The van der Waals surface area contributed by atoms with Crippen LogP contribution in [0.3, 0.4) is 0 Å². The predicted octanol–water partition coefficient (Wildman–Crippen LogP) is 2.96. The molecule has 1 aromatic heterocycles. The summed E-state index contributed by atoms with van der Waals surface area (Å²) in [6, 6.07) is 1.95. The molecule has 0 atom stereocenters. The Bertz CT molecular complexity index is 280. The van der Waals surface area contributed by atoms with E-state index in [-0.39, 0.29) is 0 Å². The van der Waals surface area contributed by atoms with E-state index in [2.05, 4.69) is 5.32 Å². The molecule has 4 heteroatoms. The summed E-state index contributed by atoms with van der Waals surface area (Å²) in [7, 11) is 0. The zero-order valence-corrected chi connectivity index (χ0v) is 7.81. The third kappa shape index (κ3) is 1.98. The van der Waals surface area contributed by atoms with Crippen molar-refractivity contribution in [3.05, 3.63) is 17.0 Å². The second-order valence-electron chi connectivity index (χ2n) is 2.79. The first-order chi connectivity index (χ1) is 5.61. The van der Waals surface area contributed by atoms with Crippen LogP contribution in [0.4, 0.5) is 9.80 Å². The lowest BCUT2D eigenvalue weighted by Crippen LogP contribution is -2.07. The summed E-state index contributed by atoms with van der Waals surface area (Å²) in [5, 5.41) is 13.5. The Kier molecular flexibility index (Phi) is 2.70. The lowest BCUT2D eigenvalue weighted by molar-refractivity contribution is 0.210. The molecule has 1 heterocycles.